The van der Waals surface area contributed by atoms with E-state index in [0.29, 0.717) is 11.8 Å². The zero-order valence-electron chi connectivity index (χ0n) is 16.7. The summed E-state index contributed by atoms with van der Waals surface area (Å²) in [4.78, 5) is 7.51. The van der Waals surface area contributed by atoms with Gasteiger partial charge in [-0.2, -0.15) is 9.61 Å². The third kappa shape index (κ3) is 3.07. The quantitative estimate of drug-likeness (QED) is 0.636. The van der Waals surface area contributed by atoms with Crippen LogP contribution in [0.3, 0.4) is 0 Å². The number of anilines is 1. The molecule has 0 amide bonds. The Bertz CT molecular complexity index is 998. The first kappa shape index (κ1) is 17.7. The normalized spacial score (nSPS) is 22.5. The zero-order chi connectivity index (χ0) is 19.3. The number of aryl methyl sites for hydroxylation is 1. The molecule has 4 nitrogen and oxygen atoms in total. The van der Waals surface area contributed by atoms with Gasteiger partial charge in [0.1, 0.15) is 11.6 Å². The number of halogens is 1. The minimum Gasteiger partial charge on any atom is -0.356 e. The molecule has 28 heavy (non-hydrogen) atoms. The van der Waals surface area contributed by atoms with Gasteiger partial charge in [0, 0.05) is 36.0 Å². The van der Waals surface area contributed by atoms with E-state index in [2.05, 4.69) is 18.7 Å². The van der Waals surface area contributed by atoms with Crippen molar-refractivity contribution in [3.63, 3.8) is 0 Å². The number of hydrogen-bond acceptors (Lipinski definition) is 3. The largest absolute Gasteiger partial charge is 0.356 e. The molecule has 0 saturated carbocycles. The third-order valence-electron chi connectivity index (χ3n) is 6.16. The summed E-state index contributed by atoms with van der Waals surface area (Å²) in [6.45, 7) is 6.84. The highest BCUT2D eigenvalue weighted by Gasteiger charge is 2.29. The topological polar surface area (TPSA) is 33.4 Å². The molecule has 1 aromatic carbocycles. The predicted molar refractivity (Wildman–Crippen MR) is 110 cm³/mol. The molecule has 0 radical (unpaired) electrons. The molecule has 5 rings (SSSR count). The summed E-state index contributed by atoms with van der Waals surface area (Å²) in [5.41, 5.74) is 5.31. The second-order valence-electron chi connectivity index (χ2n) is 8.73. The van der Waals surface area contributed by atoms with Crippen LogP contribution in [-0.4, -0.2) is 27.7 Å². The number of nitrogens with zero attached hydrogens (tertiary/aromatic N) is 4. The molecule has 1 saturated heterocycles. The Morgan fingerprint density at radius 1 is 1.00 bits per heavy atom. The van der Waals surface area contributed by atoms with Crippen molar-refractivity contribution < 1.29 is 4.39 Å². The number of piperidine rings is 1. The van der Waals surface area contributed by atoms with Crippen LogP contribution in [-0.2, 0) is 12.8 Å². The lowest BCUT2D eigenvalue weighted by atomic mass is 9.90. The second-order valence-corrected chi connectivity index (χ2v) is 8.73. The van der Waals surface area contributed by atoms with Crippen molar-refractivity contribution in [2.75, 3.05) is 18.0 Å². The van der Waals surface area contributed by atoms with Gasteiger partial charge in [-0.3, -0.25) is 0 Å². The number of aromatic nitrogens is 3. The zero-order valence-corrected chi connectivity index (χ0v) is 16.7. The predicted octanol–water partition coefficient (Wildman–Crippen LogP) is 4.90. The van der Waals surface area contributed by atoms with E-state index < -0.39 is 0 Å². The lowest BCUT2D eigenvalue weighted by Gasteiger charge is -2.38. The average Bonchev–Trinajstić information content (AvgIpc) is 3.09. The Kier molecular flexibility index (Phi) is 4.33. The minimum atomic E-state index is -0.224. The first-order valence-electron chi connectivity index (χ1n) is 10.5. The summed E-state index contributed by atoms with van der Waals surface area (Å²) < 4.78 is 15.4. The van der Waals surface area contributed by atoms with Crippen LogP contribution in [0.15, 0.2) is 30.3 Å². The highest BCUT2D eigenvalue weighted by atomic mass is 19.1. The Labute approximate surface area is 165 Å². The molecule has 5 heteroatoms. The van der Waals surface area contributed by atoms with E-state index in [1.165, 1.54) is 48.5 Å². The van der Waals surface area contributed by atoms with Crippen LogP contribution in [0.5, 0.6) is 0 Å². The summed E-state index contributed by atoms with van der Waals surface area (Å²) >= 11 is 0. The van der Waals surface area contributed by atoms with Gasteiger partial charge in [-0.1, -0.05) is 13.8 Å². The van der Waals surface area contributed by atoms with Gasteiger partial charge in [0.25, 0.3) is 0 Å². The Morgan fingerprint density at radius 3 is 2.46 bits per heavy atom. The molecular formula is C23H27FN4. The van der Waals surface area contributed by atoms with E-state index in [9.17, 15) is 4.39 Å². The maximum absolute atomic E-state index is 13.3. The van der Waals surface area contributed by atoms with E-state index in [1.807, 2.05) is 10.6 Å². The fraction of sp³-hybridized carbons (Fsp3) is 0.478. The van der Waals surface area contributed by atoms with Crippen LogP contribution >= 0.6 is 0 Å². The summed E-state index contributed by atoms with van der Waals surface area (Å²) in [7, 11) is 0. The fourth-order valence-electron chi connectivity index (χ4n) is 5.05. The molecule has 3 aromatic rings. The summed E-state index contributed by atoms with van der Waals surface area (Å²) in [5.74, 6) is 2.38. The maximum atomic E-state index is 13.3. The number of benzene rings is 1. The minimum absolute atomic E-state index is 0.224. The molecule has 2 atom stereocenters. The van der Waals surface area contributed by atoms with Gasteiger partial charge in [0.2, 0.25) is 0 Å². The summed E-state index contributed by atoms with van der Waals surface area (Å²) in [6.07, 6.45) is 5.85. The van der Waals surface area contributed by atoms with Crippen molar-refractivity contribution in [3.8, 4) is 11.3 Å². The van der Waals surface area contributed by atoms with Crippen molar-refractivity contribution in [2.45, 2.75) is 46.0 Å². The monoisotopic (exact) mass is 378 g/mol. The molecule has 2 aliphatic rings. The molecule has 0 bridgehead atoms. The lowest BCUT2D eigenvalue weighted by molar-refractivity contribution is 0.353. The van der Waals surface area contributed by atoms with E-state index in [-0.39, 0.29) is 5.82 Å². The van der Waals surface area contributed by atoms with Crippen molar-refractivity contribution in [1.29, 1.82) is 0 Å². The molecule has 0 spiro atoms. The maximum Gasteiger partial charge on any atom is 0.158 e. The first-order chi connectivity index (χ1) is 13.6. The lowest BCUT2D eigenvalue weighted by Crippen LogP contribution is -2.40. The van der Waals surface area contributed by atoms with Gasteiger partial charge in [-0.25, -0.2) is 9.37 Å². The SMILES string of the molecule is C[C@H]1C[C@H](C)CN(c2c3c(nc4cc(-c5ccc(F)cc5)nn24)CCCC3)C1. The van der Waals surface area contributed by atoms with E-state index in [1.54, 1.807) is 12.1 Å². The van der Waals surface area contributed by atoms with Gasteiger partial charge >= 0.3 is 0 Å². The van der Waals surface area contributed by atoms with Gasteiger partial charge in [0.05, 0.1) is 5.69 Å². The Morgan fingerprint density at radius 2 is 1.71 bits per heavy atom. The van der Waals surface area contributed by atoms with E-state index in [0.717, 1.165) is 42.8 Å². The van der Waals surface area contributed by atoms with Gasteiger partial charge in [-0.15, -0.1) is 0 Å². The highest BCUT2D eigenvalue weighted by molar-refractivity contribution is 5.67. The summed E-state index contributed by atoms with van der Waals surface area (Å²) in [5, 5.41) is 4.94. The average molecular weight is 378 g/mol. The van der Waals surface area contributed by atoms with Crippen LogP contribution in [0, 0.1) is 17.7 Å². The first-order valence-corrected chi connectivity index (χ1v) is 10.5. The van der Waals surface area contributed by atoms with Gasteiger partial charge in [0.15, 0.2) is 5.65 Å². The molecule has 3 heterocycles. The molecule has 146 valence electrons. The Balaban J connectivity index is 1.68. The van der Waals surface area contributed by atoms with Crippen LogP contribution < -0.4 is 4.90 Å². The number of fused-ring (bicyclic) bond motifs is 2. The fourth-order valence-corrected chi connectivity index (χ4v) is 5.05. The molecular weight excluding hydrogens is 351 g/mol. The third-order valence-corrected chi connectivity index (χ3v) is 6.16. The van der Waals surface area contributed by atoms with Gasteiger partial charge in [-0.05, 0) is 68.2 Å². The summed E-state index contributed by atoms with van der Waals surface area (Å²) in [6, 6.07) is 8.62. The Hall–Kier alpha value is -2.43. The van der Waals surface area contributed by atoms with Crippen LogP contribution in [0.4, 0.5) is 10.2 Å². The standard InChI is InChI=1S/C23H27FN4/c1-15-11-16(2)14-27(13-15)23-19-5-3-4-6-20(19)25-22-12-21(26-28(22)23)17-7-9-18(24)10-8-17/h7-10,12,15-16H,3-6,11,13-14H2,1-2H3/t15-,16-/m0/s1. The highest BCUT2D eigenvalue weighted by Crippen LogP contribution is 2.35. The van der Waals surface area contributed by atoms with Crippen molar-refractivity contribution in [3.05, 3.63) is 47.4 Å². The molecule has 0 N–H and O–H groups in total. The molecule has 1 aliphatic heterocycles. The van der Waals surface area contributed by atoms with Crippen LogP contribution in [0.1, 0.15) is 44.4 Å². The van der Waals surface area contributed by atoms with Crippen LogP contribution in [0.2, 0.25) is 0 Å². The second kappa shape index (κ2) is 6.87. The van der Waals surface area contributed by atoms with Crippen molar-refractivity contribution >= 4 is 11.5 Å². The molecule has 0 unspecified atom stereocenters. The van der Waals surface area contributed by atoms with Crippen molar-refractivity contribution in [2.24, 2.45) is 11.8 Å². The van der Waals surface area contributed by atoms with Crippen molar-refractivity contribution in [1.82, 2.24) is 14.6 Å². The smallest absolute Gasteiger partial charge is 0.158 e. The van der Waals surface area contributed by atoms with Crippen LogP contribution in [0.25, 0.3) is 16.9 Å². The van der Waals surface area contributed by atoms with Gasteiger partial charge < -0.3 is 4.90 Å². The molecule has 2 aromatic heterocycles. The number of rotatable bonds is 2. The number of hydrogen-bond donors (Lipinski definition) is 0. The van der Waals surface area contributed by atoms with E-state index >= 15 is 0 Å². The molecule has 1 aliphatic carbocycles. The molecule has 1 fully saturated rings. The van der Waals surface area contributed by atoms with E-state index in [4.69, 9.17) is 10.1 Å².